The molecule has 1 atom stereocenters. The van der Waals surface area contributed by atoms with Crippen LogP contribution in [0, 0.1) is 19.8 Å². The highest BCUT2D eigenvalue weighted by atomic mass is 32.1. The molecule has 2 N–H and O–H groups in total. The molecule has 0 aliphatic heterocycles. The summed E-state index contributed by atoms with van der Waals surface area (Å²) in [6.07, 6.45) is 1.17. The zero-order valence-corrected chi connectivity index (χ0v) is 13.5. The molecule has 1 aromatic rings. The zero-order valence-electron chi connectivity index (χ0n) is 12.7. The average Bonchev–Trinajstić information content (AvgIpc) is 2.33. The number of hydrogen-bond donors (Lipinski definition) is 1. The highest BCUT2D eigenvalue weighted by molar-refractivity contribution is 7.80. The number of nitrogens with two attached hydrogens (primary N) is 1. The first kappa shape index (κ1) is 15.9. The van der Waals surface area contributed by atoms with Crippen LogP contribution in [0.1, 0.15) is 44.1 Å². The Morgan fingerprint density at radius 2 is 2.05 bits per heavy atom. The van der Waals surface area contributed by atoms with Crippen molar-refractivity contribution < 1.29 is 0 Å². The first-order valence-corrected chi connectivity index (χ1v) is 7.34. The van der Waals surface area contributed by atoms with Crippen molar-refractivity contribution in [3.8, 4) is 0 Å². The summed E-state index contributed by atoms with van der Waals surface area (Å²) in [6.45, 7) is 12.6. The van der Waals surface area contributed by atoms with Crippen LogP contribution in [0.4, 0.5) is 5.69 Å². The van der Waals surface area contributed by atoms with Gasteiger partial charge in [0.2, 0.25) is 0 Å². The second-order valence-corrected chi connectivity index (χ2v) is 5.60. The highest BCUT2D eigenvalue weighted by Gasteiger charge is 2.17. The van der Waals surface area contributed by atoms with E-state index in [-0.39, 0.29) is 0 Å². The standard InChI is InChI=1S/C15H25N3S/c1-6-10(3)9-18(7-2)13-8-11(4)17-12(5)14(13)15(16)19/h8,10H,6-7,9H2,1-5H3,(H2,16,19). The fourth-order valence-electron chi connectivity index (χ4n) is 2.27. The summed E-state index contributed by atoms with van der Waals surface area (Å²) in [5.41, 5.74) is 9.86. The second kappa shape index (κ2) is 6.85. The lowest BCUT2D eigenvalue weighted by atomic mass is 10.1. The smallest absolute Gasteiger partial charge is 0.107 e. The fourth-order valence-corrected chi connectivity index (χ4v) is 2.52. The molecule has 1 unspecified atom stereocenters. The summed E-state index contributed by atoms with van der Waals surface area (Å²) in [6, 6.07) is 2.09. The molecule has 19 heavy (non-hydrogen) atoms. The molecule has 4 heteroatoms. The number of pyridine rings is 1. The van der Waals surface area contributed by atoms with Crippen LogP contribution in [0.25, 0.3) is 0 Å². The average molecular weight is 279 g/mol. The third kappa shape index (κ3) is 3.90. The van der Waals surface area contributed by atoms with E-state index in [4.69, 9.17) is 18.0 Å². The minimum atomic E-state index is 0.433. The van der Waals surface area contributed by atoms with Gasteiger partial charge in [0.25, 0.3) is 0 Å². The summed E-state index contributed by atoms with van der Waals surface area (Å²) >= 11 is 5.20. The maximum atomic E-state index is 5.89. The maximum absolute atomic E-state index is 5.89. The predicted molar refractivity (Wildman–Crippen MR) is 86.9 cm³/mol. The van der Waals surface area contributed by atoms with Crippen LogP contribution in [-0.4, -0.2) is 23.1 Å². The first-order chi connectivity index (χ1) is 8.90. The first-order valence-electron chi connectivity index (χ1n) is 6.93. The molecule has 0 spiro atoms. The van der Waals surface area contributed by atoms with E-state index < -0.39 is 0 Å². The summed E-state index contributed by atoms with van der Waals surface area (Å²) in [5, 5.41) is 0. The molecule has 0 aliphatic rings. The molecular formula is C15H25N3S. The molecule has 0 amide bonds. The lowest BCUT2D eigenvalue weighted by Gasteiger charge is -2.29. The van der Waals surface area contributed by atoms with Crippen LogP contribution in [0.3, 0.4) is 0 Å². The van der Waals surface area contributed by atoms with Gasteiger partial charge in [-0.05, 0) is 32.8 Å². The maximum Gasteiger partial charge on any atom is 0.107 e. The Kier molecular flexibility index (Phi) is 5.73. The van der Waals surface area contributed by atoms with Crippen molar-refractivity contribution in [2.24, 2.45) is 11.7 Å². The second-order valence-electron chi connectivity index (χ2n) is 5.16. The summed E-state index contributed by atoms with van der Waals surface area (Å²) in [7, 11) is 0. The molecule has 1 aromatic heterocycles. The van der Waals surface area contributed by atoms with Crippen molar-refractivity contribution in [1.29, 1.82) is 0 Å². The van der Waals surface area contributed by atoms with E-state index in [2.05, 4.69) is 36.7 Å². The van der Waals surface area contributed by atoms with Crippen molar-refractivity contribution in [1.82, 2.24) is 4.98 Å². The van der Waals surface area contributed by atoms with Gasteiger partial charge >= 0.3 is 0 Å². The van der Waals surface area contributed by atoms with Crippen molar-refractivity contribution in [3.05, 3.63) is 23.0 Å². The van der Waals surface area contributed by atoms with E-state index in [1.165, 1.54) is 6.42 Å². The van der Waals surface area contributed by atoms with Crippen LogP contribution in [0.15, 0.2) is 6.07 Å². The van der Waals surface area contributed by atoms with E-state index >= 15 is 0 Å². The number of anilines is 1. The molecule has 3 nitrogen and oxygen atoms in total. The van der Waals surface area contributed by atoms with Crippen LogP contribution < -0.4 is 10.6 Å². The Morgan fingerprint density at radius 3 is 2.53 bits per heavy atom. The number of hydrogen-bond acceptors (Lipinski definition) is 3. The zero-order chi connectivity index (χ0) is 14.6. The Bertz CT molecular complexity index is 457. The van der Waals surface area contributed by atoms with E-state index in [1.54, 1.807) is 0 Å². The number of rotatable bonds is 6. The Balaban J connectivity index is 3.25. The molecule has 0 aromatic carbocycles. The van der Waals surface area contributed by atoms with Gasteiger partial charge in [-0.15, -0.1) is 0 Å². The molecule has 1 rings (SSSR count). The fraction of sp³-hybridized carbons (Fsp3) is 0.600. The van der Waals surface area contributed by atoms with Gasteiger partial charge in [-0.2, -0.15) is 0 Å². The van der Waals surface area contributed by atoms with Gasteiger partial charge in [0.1, 0.15) is 4.99 Å². The molecule has 0 aliphatic carbocycles. The largest absolute Gasteiger partial charge is 0.389 e. The van der Waals surface area contributed by atoms with Crippen LogP contribution in [-0.2, 0) is 0 Å². The molecule has 0 saturated carbocycles. The summed E-state index contributed by atoms with van der Waals surface area (Å²) < 4.78 is 0. The quantitative estimate of drug-likeness (QED) is 0.812. The minimum Gasteiger partial charge on any atom is -0.389 e. The van der Waals surface area contributed by atoms with Gasteiger partial charge in [0, 0.05) is 24.5 Å². The lowest BCUT2D eigenvalue weighted by molar-refractivity contribution is 0.547. The van der Waals surface area contributed by atoms with Gasteiger partial charge in [-0.3, -0.25) is 4.98 Å². The van der Waals surface area contributed by atoms with Crippen LogP contribution >= 0.6 is 12.2 Å². The van der Waals surface area contributed by atoms with E-state index in [0.717, 1.165) is 35.7 Å². The molecule has 106 valence electrons. The molecule has 0 saturated heterocycles. The molecular weight excluding hydrogens is 254 g/mol. The van der Waals surface area contributed by atoms with Crippen molar-refractivity contribution >= 4 is 22.9 Å². The third-order valence-electron chi connectivity index (χ3n) is 3.51. The normalized spacial score (nSPS) is 12.3. The van der Waals surface area contributed by atoms with Crippen molar-refractivity contribution in [2.45, 2.75) is 41.0 Å². The van der Waals surface area contributed by atoms with Gasteiger partial charge < -0.3 is 10.6 Å². The molecule has 0 bridgehead atoms. The minimum absolute atomic E-state index is 0.433. The number of nitrogens with zero attached hydrogens (tertiary/aromatic N) is 2. The number of thiocarbonyl (C=S) groups is 1. The monoisotopic (exact) mass is 279 g/mol. The van der Waals surface area contributed by atoms with Gasteiger partial charge in [-0.25, -0.2) is 0 Å². The SMILES string of the molecule is CCC(C)CN(CC)c1cc(C)nc(C)c1C(N)=S. The topological polar surface area (TPSA) is 42.2 Å². The summed E-state index contributed by atoms with van der Waals surface area (Å²) in [5.74, 6) is 0.646. The molecule has 1 heterocycles. The highest BCUT2D eigenvalue weighted by Crippen LogP contribution is 2.25. The van der Waals surface area contributed by atoms with Gasteiger partial charge in [0.05, 0.1) is 11.3 Å². The number of aromatic nitrogens is 1. The summed E-state index contributed by atoms with van der Waals surface area (Å²) in [4.78, 5) is 7.26. The molecule has 0 radical (unpaired) electrons. The van der Waals surface area contributed by atoms with Crippen LogP contribution in [0.5, 0.6) is 0 Å². The van der Waals surface area contributed by atoms with Gasteiger partial charge in [0.15, 0.2) is 0 Å². The van der Waals surface area contributed by atoms with Crippen molar-refractivity contribution in [3.63, 3.8) is 0 Å². The Morgan fingerprint density at radius 1 is 1.42 bits per heavy atom. The van der Waals surface area contributed by atoms with E-state index in [1.807, 2.05) is 13.8 Å². The Hall–Kier alpha value is -1.16. The Labute approximate surface area is 122 Å². The molecule has 0 fully saturated rings. The van der Waals surface area contributed by atoms with Crippen LogP contribution in [0.2, 0.25) is 0 Å². The van der Waals surface area contributed by atoms with E-state index in [0.29, 0.717) is 10.9 Å². The lowest BCUT2D eigenvalue weighted by Crippen LogP contribution is -2.31. The van der Waals surface area contributed by atoms with E-state index in [9.17, 15) is 0 Å². The number of aryl methyl sites for hydroxylation is 2. The van der Waals surface area contributed by atoms with Gasteiger partial charge in [-0.1, -0.05) is 32.5 Å². The third-order valence-corrected chi connectivity index (χ3v) is 3.71. The van der Waals surface area contributed by atoms with Crippen molar-refractivity contribution in [2.75, 3.05) is 18.0 Å². The predicted octanol–water partition coefficient (Wildman–Crippen LogP) is 3.21.